The molecule has 17 heavy (non-hydrogen) atoms. The summed E-state index contributed by atoms with van der Waals surface area (Å²) in [6, 6.07) is 0. The topological polar surface area (TPSA) is 231 Å². The van der Waals surface area contributed by atoms with E-state index in [0.29, 0.717) is 0 Å². The van der Waals surface area contributed by atoms with Gasteiger partial charge in [0, 0.05) is 0 Å². The number of carbonyl (C=O) groups excluding carboxylic acids is 4. The van der Waals surface area contributed by atoms with Crippen molar-refractivity contribution in [2.45, 2.75) is 0 Å². The monoisotopic (exact) mass is 483 g/mol. The molecule has 0 unspecified atom stereocenters. The molecule has 0 fully saturated rings. The first-order valence-electron chi connectivity index (χ1n) is 2.13. The molecule has 0 heterocycles. The third-order valence-electron chi connectivity index (χ3n) is 0.333. The zero-order chi connectivity index (χ0) is 10.3. The number of hydrogen-bond donors (Lipinski definition) is 2. The summed E-state index contributed by atoms with van der Waals surface area (Å²) in [6.07, 6.45) is 0. The summed E-state index contributed by atoms with van der Waals surface area (Å²) in [5.41, 5.74) is 0. The summed E-state index contributed by atoms with van der Waals surface area (Å²) < 4.78 is 0. The van der Waals surface area contributed by atoms with Gasteiger partial charge in [-0.15, -0.1) is 0 Å². The smallest absolute Gasteiger partial charge is 0.543 e. The van der Waals surface area contributed by atoms with Crippen LogP contribution in [-0.4, -0.2) is 23.9 Å². The van der Waals surface area contributed by atoms with E-state index in [4.69, 9.17) is 39.6 Å². The maximum Gasteiger partial charge on any atom is 2.00 e. The van der Waals surface area contributed by atoms with Gasteiger partial charge < -0.3 is 51.9 Å². The van der Waals surface area contributed by atoms with Gasteiger partial charge in [-0.2, -0.15) is 0 Å². The fourth-order valence-corrected chi connectivity index (χ4v) is 0. The van der Waals surface area contributed by atoms with E-state index in [1.165, 1.54) is 0 Å². The molecular formula is C4H6K2N2O8Pt. The van der Waals surface area contributed by atoms with Crippen LogP contribution in [0.25, 0.3) is 0 Å². The van der Waals surface area contributed by atoms with Crippen LogP contribution in [0.2, 0.25) is 0 Å². The summed E-state index contributed by atoms with van der Waals surface area (Å²) in [5, 5.41) is 35.7. The average Bonchev–Trinajstić information content (AvgIpc) is 1.88. The van der Waals surface area contributed by atoms with Crippen LogP contribution in [0, 0.1) is 0 Å². The van der Waals surface area contributed by atoms with Crippen molar-refractivity contribution < 1.29 is 163 Å². The molecule has 13 heteroatoms. The molecule has 0 saturated heterocycles. The zero-order valence-electron chi connectivity index (χ0n) is 9.00. The van der Waals surface area contributed by atoms with Gasteiger partial charge in [0.15, 0.2) is 0 Å². The van der Waals surface area contributed by atoms with Crippen molar-refractivity contribution in [2.75, 3.05) is 0 Å². The second-order valence-electron chi connectivity index (χ2n) is 1.15. The van der Waals surface area contributed by atoms with Crippen LogP contribution >= 0.6 is 0 Å². The molecule has 0 rings (SSSR count). The van der Waals surface area contributed by atoms with Crippen molar-refractivity contribution in [3.8, 4) is 0 Å². The number of carbonyl (C=O) groups is 4. The maximum atomic E-state index is 8.93. The maximum absolute atomic E-state index is 8.93. The minimum absolute atomic E-state index is 0. The quantitative estimate of drug-likeness (QED) is 0.244. The van der Waals surface area contributed by atoms with Gasteiger partial charge in [-0.05, 0) is 0 Å². The number of carboxylic acids is 4. The Bertz CT molecular complexity index is 190. The molecule has 0 atom stereocenters. The minimum atomic E-state index is -2.19. The molecule has 0 spiro atoms. The van der Waals surface area contributed by atoms with E-state index >= 15 is 0 Å². The van der Waals surface area contributed by atoms with E-state index < -0.39 is 23.9 Å². The van der Waals surface area contributed by atoms with Crippen LogP contribution < -0.4 is 135 Å². The predicted octanol–water partition coefficient (Wildman–Crippen LogP) is -12.7. The van der Waals surface area contributed by atoms with Crippen molar-refractivity contribution in [2.24, 2.45) is 0 Å². The summed E-state index contributed by atoms with van der Waals surface area (Å²) in [6.45, 7) is 0. The van der Waals surface area contributed by atoms with Crippen molar-refractivity contribution in [1.82, 2.24) is 12.3 Å². The minimum Gasteiger partial charge on any atom is -0.543 e. The molecule has 10 nitrogen and oxygen atoms in total. The molecule has 6 N–H and O–H groups in total. The first kappa shape index (κ1) is 42.8. The standard InChI is InChI=1S/2C2H2O4.2K.2H3N.Pt/c2*3-1(4)2(5)6;;;;;/h2*(H,3,4)(H,5,6);;;2*1H3;/q;;2*+1;;;+2/p-4. The molecule has 0 aromatic rings. The second-order valence-corrected chi connectivity index (χ2v) is 1.15. The molecule has 0 radical (unpaired) electrons. The van der Waals surface area contributed by atoms with Gasteiger partial charge in [0.25, 0.3) is 0 Å². The van der Waals surface area contributed by atoms with Crippen LogP contribution in [0.5, 0.6) is 0 Å². The summed E-state index contributed by atoms with van der Waals surface area (Å²) in [5.74, 6) is -8.74. The Hall–Kier alpha value is 1.76. The molecule has 92 valence electrons. The Morgan fingerprint density at radius 1 is 0.529 bits per heavy atom. The molecule has 0 amide bonds. The van der Waals surface area contributed by atoms with Crippen LogP contribution in [0.1, 0.15) is 0 Å². The Labute approximate surface area is 195 Å². The van der Waals surface area contributed by atoms with Crippen molar-refractivity contribution in [1.29, 1.82) is 0 Å². The average molecular weight is 483 g/mol. The van der Waals surface area contributed by atoms with Crippen molar-refractivity contribution in [3.63, 3.8) is 0 Å². The van der Waals surface area contributed by atoms with Gasteiger partial charge in [-0.1, -0.05) is 0 Å². The van der Waals surface area contributed by atoms with Gasteiger partial charge in [-0.25, -0.2) is 0 Å². The molecule has 0 bridgehead atoms. The van der Waals surface area contributed by atoms with E-state index in [1.54, 1.807) is 0 Å². The van der Waals surface area contributed by atoms with E-state index in [-0.39, 0.29) is 136 Å². The molecule has 0 saturated carbocycles. The second kappa shape index (κ2) is 26.3. The van der Waals surface area contributed by atoms with Crippen LogP contribution in [0.15, 0.2) is 0 Å². The number of carboxylic acid groups (broad SMARTS) is 4. The van der Waals surface area contributed by atoms with Gasteiger partial charge in [0.1, 0.15) is 0 Å². The van der Waals surface area contributed by atoms with E-state index in [1.807, 2.05) is 0 Å². The SMILES string of the molecule is N.N.O=C([O-])C(=O)[O-].O=C([O-])C(=O)[O-].[K+].[K+].[Pt+2]. The Balaban J connectivity index is -0.0000000182. The third kappa shape index (κ3) is 46.3. The Kier molecular flexibility index (Phi) is 66.3. The van der Waals surface area contributed by atoms with Crippen molar-refractivity contribution in [3.05, 3.63) is 0 Å². The van der Waals surface area contributed by atoms with Crippen LogP contribution in [0.4, 0.5) is 0 Å². The largest absolute Gasteiger partial charge is 2.00 e. The van der Waals surface area contributed by atoms with E-state index in [9.17, 15) is 0 Å². The van der Waals surface area contributed by atoms with Gasteiger partial charge in [0.2, 0.25) is 0 Å². The Morgan fingerprint density at radius 3 is 0.588 bits per heavy atom. The zero-order valence-corrected chi connectivity index (χ0v) is 17.5. The molecule has 0 aliphatic heterocycles. The fraction of sp³-hybridized carbons (Fsp3) is 0. The third-order valence-corrected chi connectivity index (χ3v) is 0.333. The number of rotatable bonds is 0. The van der Waals surface area contributed by atoms with Crippen LogP contribution in [-0.2, 0) is 40.2 Å². The van der Waals surface area contributed by atoms with Gasteiger partial charge in [-0.3, -0.25) is 0 Å². The molecule has 0 aliphatic carbocycles. The predicted molar refractivity (Wildman–Crippen MR) is 30.1 cm³/mol. The summed E-state index contributed by atoms with van der Waals surface area (Å²) in [7, 11) is 0. The van der Waals surface area contributed by atoms with Crippen molar-refractivity contribution >= 4 is 23.9 Å². The molecular weight excluding hydrogens is 477 g/mol. The van der Waals surface area contributed by atoms with E-state index in [0.717, 1.165) is 0 Å². The van der Waals surface area contributed by atoms with Gasteiger partial charge in [0.05, 0.1) is 23.9 Å². The normalized spacial score (nSPS) is 5.18. The first-order chi connectivity index (χ1) is 5.29. The fourth-order valence-electron chi connectivity index (χ4n) is 0. The summed E-state index contributed by atoms with van der Waals surface area (Å²) >= 11 is 0. The molecule has 0 aromatic heterocycles. The Morgan fingerprint density at radius 2 is 0.588 bits per heavy atom. The molecule has 0 aromatic carbocycles. The first-order valence-corrected chi connectivity index (χ1v) is 2.13. The van der Waals surface area contributed by atoms with Gasteiger partial charge >= 0.3 is 124 Å². The summed E-state index contributed by atoms with van der Waals surface area (Å²) in [4.78, 5) is 35.7. The molecule has 0 aliphatic rings. The number of hydrogen-bond acceptors (Lipinski definition) is 10. The van der Waals surface area contributed by atoms with E-state index in [2.05, 4.69) is 0 Å². The van der Waals surface area contributed by atoms with Crippen LogP contribution in [0.3, 0.4) is 0 Å². The number of aliphatic carboxylic acids is 4.